The van der Waals surface area contributed by atoms with Crippen molar-refractivity contribution in [2.75, 3.05) is 19.7 Å². The largest absolute Gasteiger partial charge is 0.370 e. The molecule has 2 heterocycles. The molecule has 4 nitrogen and oxygen atoms in total. The van der Waals surface area contributed by atoms with Crippen LogP contribution in [0.3, 0.4) is 0 Å². The Balaban J connectivity index is 2.08. The van der Waals surface area contributed by atoms with Gasteiger partial charge in [-0.25, -0.2) is 0 Å². The number of pyridine rings is 1. The molecule has 1 aromatic rings. The van der Waals surface area contributed by atoms with Crippen molar-refractivity contribution in [3.63, 3.8) is 0 Å². The number of carbonyl (C=O) groups is 1. The normalized spacial score (nSPS) is 21.4. The number of hydrogen-bond donors (Lipinski definition) is 0. The van der Waals surface area contributed by atoms with Gasteiger partial charge in [0.15, 0.2) is 0 Å². The van der Waals surface area contributed by atoms with Crippen molar-refractivity contribution in [1.29, 1.82) is 0 Å². The molecule has 0 saturated carbocycles. The van der Waals surface area contributed by atoms with Crippen LogP contribution in [-0.2, 0) is 4.74 Å². The minimum Gasteiger partial charge on any atom is -0.370 e. The van der Waals surface area contributed by atoms with Gasteiger partial charge in [0, 0.05) is 24.5 Å². The molecule has 0 aliphatic carbocycles. The second kappa shape index (κ2) is 4.59. The third kappa shape index (κ3) is 2.46. The molecule has 1 unspecified atom stereocenters. The fraction of sp³-hybridized carbons (Fsp3) is 0.400. The van der Waals surface area contributed by atoms with Gasteiger partial charge in [0.1, 0.15) is 6.10 Å². The van der Waals surface area contributed by atoms with Gasteiger partial charge < -0.3 is 9.64 Å². The van der Waals surface area contributed by atoms with E-state index in [-0.39, 0.29) is 6.10 Å². The van der Waals surface area contributed by atoms with Gasteiger partial charge in [-0.3, -0.25) is 9.78 Å². The molecule has 1 aliphatic rings. The predicted molar refractivity (Wildman–Crippen MR) is 55.8 cm³/mol. The molecule has 80 valence electrons. The van der Waals surface area contributed by atoms with Crippen molar-refractivity contribution in [3.8, 4) is 0 Å². The fourth-order valence-corrected chi connectivity index (χ4v) is 1.73. The second-order valence-corrected chi connectivity index (χ2v) is 3.67. The van der Waals surface area contributed by atoms with E-state index in [0.29, 0.717) is 19.7 Å². The Kier molecular flexibility index (Phi) is 3.18. The quantitative estimate of drug-likeness (QED) is 0.542. The van der Waals surface area contributed by atoms with Crippen LogP contribution in [0, 0.1) is 0 Å². The standard InChI is InChI=1S/C10H11ClN2O2/c11-10(14)13-4-5-15-9(7-13)8-2-1-3-12-6-8/h1-3,6,9H,4-5,7H2. The van der Waals surface area contributed by atoms with Crippen molar-refractivity contribution in [3.05, 3.63) is 30.1 Å². The lowest BCUT2D eigenvalue weighted by Crippen LogP contribution is -2.39. The lowest BCUT2D eigenvalue weighted by atomic mass is 10.1. The molecule has 0 aromatic carbocycles. The lowest BCUT2D eigenvalue weighted by Gasteiger charge is -2.31. The fourth-order valence-electron chi connectivity index (χ4n) is 1.58. The Morgan fingerprint density at radius 3 is 3.20 bits per heavy atom. The average molecular weight is 227 g/mol. The van der Waals surface area contributed by atoms with E-state index in [2.05, 4.69) is 4.98 Å². The predicted octanol–water partition coefficient (Wildman–Crippen LogP) is 1.81. The zero-order valence-corrected chi connectivity index (χ0v) is 8.85. The summed E-state index contributed by atoms with van der Waals surface area (Å²) >= 11 is 5.43. The molecule has 1 saturated heterocycles. The van der Waals surface area contributed by atoms with Crippen LogP contribution in [0.25, 0.3) is 0 Å². The van der Waals surface area contributed by atoms with Crippen molar-refractivity contribution in [1.82, 2.24) is 9.88 Å². The van der Waals surface area contributed by atoms with Gasteiger partial charge in [0.2, 0.25) is 0 Å². The molecule has 1 amide bonds. The maximum atomic E-state index is 11.0. The first kappa shape index (κ1) is 10.4. The van der Waals surface area contributed by atoms with Gasteiger partial charge in [0.25, 0.3) is 0 Å². The van der Waals surface area contributed by atoms with Crippen LogP contribution in [0.4, 0.5) is 4.79 Å². The summed E-state index contributed by atoms with van der Waals surface area (Å²) in [6, 6.07) is 3.78. The molecule has 1 fully saturated rings. The van der Waals surface area contributed by atoms with Crippen LogP contribution in [0.1, 0.15) is 11.7 Å². The molecule has 2 rings (SSSR count). The number of ether oxygens (including phenoxy) is 1. The topological polar surface area (TPSA) is 42.4 Å². The summed E-state index contributed by atoms with van der Waals surface area (Å²) in [5, 5.41) is -0.424. The van der Waals surface area contributed by atoms with Crippen LogP contribution in [0.2, 0.25) is 0 Å². The van der Waals surface area contributed by atoms with E-state index in [4.69, 9.17) is 16.3 Å². The van der Waals surface area contributed by atoms with Gasteiger partial charge in [-0.05, 0) is 17.7 Å². The smallest absolute Gasteiger partial charge is 0.316 e. The number of morpholine rings is 1. The Morgan fingerprint density at radius 2 is 2.53 bits per heavy atom. The molecule has 0 radical (unpaired) electrons. The Bertz CT molecular complexity index is 345. The number of aromatic nitrogens is 1. The van der Waals surface area contributed by atoms with E-state index in [0.717, 1.165) is 5.56 Å². The number of rotatable bonds is 1. The summed E-state index contributed by atoms with van der Waals surface area (Å²) in [5.41, 5.74) is 0.972. The number of carbonyl (C=O) groups excluding carboxylic acids is 1. The number of hydrogen-bond acceptors (Lipinski definition) is 3. The maximum Gasteiger partial charge on any atom is 0.316 e. The van der Waals surface area contributed by atoms with E-state index in [1.807, 2.05) is 12.1 Å². The average Bonchev–Trinajstić information content (AvgIpc) is 2.30. The SMILES string of the molecule is O=C(Cl)N1CCOC(c2cccnc2)C1. The molecule has 1 aliphatic heterocycles. The van der Waals surface area contributed by atoms with E-state index >= 15 is 0 Å². The second-order valence-electron chi connectivity index (χ2n) is 3.34. The minimum absolute atomic E-state index is 0.116. The molecule has 0 spiro atoms. The molecular weight excluding hydrogens is 216 g/mol. The number of halogens is 1. The number of nitrogens with zero attached hydrogens (tertiary/aromatic N) is 2. The molecular formula is C10H11ClN2O2. The summed E-state index contributed by atoms with van der Waals surface area (Å²) in [6.45, 7) is 1.56. The first-order valence-corrected chi connectivity index (χ1v) is 5.11. The van der Waals surface area contributed by atoms with Gasteiger partial charge >= 0.3 is 5.37 Å². The van der Waals surface area contributed by atoms with Crippen LogP contribution in [0.15, 0.2) is 24.5 Å². The van der Waals surface area contributed by atoms with E-state index in [9.17, 15) is 4.79 Å². The van der Waals surface area contributed by atoms with Crippen LogP contribution in [0.5, 0.6) is 0 Å². The third-order valence-corrected chi connectivity index (χ3v) is 2.61. The van der Waals surface area contributed by atoms with Gasteiger partial charge in [-0.15, -0.1) is 0 Å². The monoisotopic (exact) mass is 226 g/mol. The molecule has 0 N–H and O–H groups in total. The lowest BCUT2D eigenvalue weighted by molar-refractivity contribution is -0.0121. The van der Waals surface area contributed by atoms with Crippen molar-refractivity contribution < 1.29 is 9.53 Å². The van der Waals surface area contributed by atoms with E-state index in [1.165, 1.54) is 0 Å². The highest BCUT2D eigenvalue weighted by Crippen LogP contribution is 2.21. The maximum absolute atomic E-state index is 11.0. The third-order valence-electron chi connectivity index (χ3n) is 2.37. The summed E-state index contributed by atoms with van der Waals surface area (Å²) in [4.78, 5) is 16.6. The van der Waals surface area contributed by atoms with E-state index in [1.54, 1.807) is 17.3 Å². The Hall–Kier alpha value is -1.13. The van der Waals surface area contributed by atoms with Crippen LogP contribution in [-0.4, -0.2) is 34.9 Å². The molecule has 15 heavy (non-hydrogen) atoms. The number of amides is 1. The highest BCUT2D eigenvalue weighted by molar-refractivity contribution is 6.62. The van der Waals surface area contributed by atoms with Crippen LogP contribution >= 0.6 is 11.6 Å². The van der Waals surface area contributed by atoms with Gasteiger partial charge in [-0.2, -0.15) is 0 Å². The highest BCUT2D eigenvalue weighted by Gasteiger charge is 2.24. The molecule has 1 atom stereocenters. The van der Waals surface area contributed by atoms with Crippen molar-refractivity contribution in [2.45, 2.75) is 6.10 Å². The summed E-state index contributed by atoms with van der Waals surface area (Å²) < 4.78 is 5.55. The molecule has 0 bridgehead atoms. The first-order valence-electron chi connectivity index (χ1n) is 4.73. The van der Waals surface area contributed by atoms with Crippen molar-refractivity contribution >= 4 is 17.0 Å². The van der Waals surface area contributed by atoms with Gasteiger partial charge in [0.05, 0.1) is 13.2 Å². The Morgan fingerprint density at radius 1 is 1.67 bits per heavy atom. The minimum atomic E-state index is -0.424. The molecule has 5 heteroatoms. The highest BCUT2D eigenvalue weighted by atomic mass is 35.5. The first-order chi connectivity index (χ1) is 7.27. The summed E-state index contributed by atoms with van der Waals surface area (Å²) in [7, 11) is 0. The van der Waals surface area contributed by atoms with Crippen molar-refractivity contribution in [2.24, 2.45) is 0 Å². The van der Waals surface area contributed by atoms with Gasteiger partial charge in [-0.1, -0.05) is 6.07 Å². The van der Waals surface area contributed by atoms with E-state index < -0.39 is 5.37 Å². The summed E-state index contributed by atoms with van der Waals surface area (Å²) in [5.74, 6) is 0. The zero-order chi connectivity index (χ0) is 10.7. The zero-order valence-electron chi connectivity index (χ0n) is 8.10. The molecule has 1 aromatic heterocycles. The summed E-state index contributed by atoms with van der Waals surface area (Å²) in [6.07, 6.45) is 3.33. The van der Waals surface area contributed by atoms with Crippen LogP contribution < -0.4 is 0 Å². The Labute approximate surface area is 92.8 Å².